The Morgan fingerprint density at radius 3 is 2.50 bits per heavy atom. The summed E-state index contributed by atoms with van der Waals surface area (Å²) < 4.78 is 4.69. The highest BCUT2D eigenvalue weighted by atomic mass is 16.6. The molecule has 0 saturated carbocycles. The van der Waals surface area contributed by atoms with Crippen LogP contribution in [-0.4, -0.2) is 28.4 Å². The van der Waals surface area contributed by atoms with Crippen LogP contribution in [0.2, 0.25) is 0 Å². The van der Waals surface area contributed by atoms with Crippen LogP contribution in [0.4, 0.5) is 5.69 Å². The van der Waals surface area contributed by atoms with Gasteiger partial charge in [-0.1, -0.05) is 17.3 Å². The molecule has 0 aliphatic rings. The standard InChI is InChI=1S/C11H12N2O5/c1-8(14)18-7-10(12-15)6-9-2-4-11(5-3-9)13(16)17/h2-5,15H,6-7H2,1H3/b12-10+. The third-order valence-corrected chi connectivity index (χ3v) is 2.14. The van der Waals surface area contributed by atoms with E-state index in [9.17, 15) is 14.9 Å². The molecule has 1 N–H and O–H groups in total. The molecular weight excluding hydrogens is 240 g/mol. The van der Waals surface area contributed by atoms with Crippen molar-refractivity contribution in [2.45, 2.75) is 13.3 Å². The van der Waals surface area contributed by atoms with Crippen molar-refractivity contribution in [1.82, 2.24) is 0 Å². The van der Waals surface area contributed by atoms with Crippen LogP contribution in [0.15, 0.2) is 29.4 Å². The molecule has 0 aliphatic carbocycles. The van der Waals surface area contributed by atoms with E-state index >= 15 is 0 Å². The predicted molar refractivity (Wildman–Crippen MR) is 62.7 cm³/mol. The number of rotatable bonds is 5. The number of nitrogens with zero attached hydrogens (tertiary/aromatic N) is 2. The molecule has 1 aromatic carbocycles. The lowest BCUT2D eigenvalue weighted by atomic mass is 10.1. The molecule has 0 bridgehead atoms. The number of ether oxygens (including phenoxy) is 1. The van der Waals surface area contributed by atoms with Gasteiger partial charge < -0.3 is 9.94 Å². The SMILES string of the molecule is CC(=O)OC/C(Cc1ccc([N+](=O)[O-])cc1)=N/O. The largest absolute Gasteiger partial charge is 0.460 e. The molecule has 0 unspecified atom stereocenters. The molecule has 1 aromatic rings. The summed E-state index contributed by atoms with van der Waals surface area (Å²) in [6, 6.07) is 5.82. The van der Waals surface area contributed by atoms with Crippen LogP contribution in [0.5, 0.6) is 0 Å². The minimum Gasteiger partial charge on any atom is -0.460 e. The van der Waals surface area contributed by atoms with Crippen LogP contribution in [0.3, 0.4) is 0 Å². The number of carbonyl (C=O) groups is 1. The molecular formula is C11H12N2O5. The van der Waals surface area contributed by atoms with Gasteiger partial charge in [-0.15, -0.1) is 0 Å². The van der Waals surface area contributed by atoms with E-state index in [4.69, 9.17) is 9.94 Å². The van der Waals surface area contributed by atoms with Crippen molar-refractivity contribution >= 4 is 17.4 Å². The molecule has 18 heavy (non-hydrogen) atoms. The van der Waals surface area contributed by atoms with Crippen molar-refractivity contribution in [3.05, 3.63) is 39.9 Å². The zero-order valence-electron chi connectivity index (χ0n) is 9.70. The second kappa shape index (κ2) is 6.33. The fourth-order valence-electron chi connectivity index (χ4n) is 1.27. The first kappa shape index (κ1) is 13.6. The van der Waals surface area contributed by atoms with E-state index in [0.29, 0.717) is 0 Å². The Kier molecular flexibility index (Phi) is 4.79. The topological polar surface area (TPSA) is 102 Å². The van der Waals surface area contributed by atoms with E-state index in [-0.39, 0.29) is 24.4 Å². The number of oxime groups is 1. The minimum absolute atomic E-state index is 0.0128. The normalized spacial score (nSPS) is 11.1. The maximum atomic E-state index is 10.6. The van der Waals surface area contributed by atoms with Crippen LogP contribution in [0.25, 0.3) is 0 Å². The Hall–Kier alpha value is -2.44. The summed E-state index contributed by atoms with van der Waals surface area (Å²) in [5.41, 5.74) is 0.973. The van der Waals surface area contributed by atoms with E-state index in [0.717, 1.165) is 5.56 Å². The van der Waals surface area contributed by atoms with Crippen LogP contribution < -0.4 is 0 Å². The Morgan fingerprint density at radius 2 is 2.06 bits per heavy atom. The van der Waals surface area contributed by atoms with Gasteiger partial charge in [0.2, 0.25) is 0 Å². The smallest absolute Gasteiger partial charge is 0.303 e. The molecule has 0 aliphatic heterocycles. The van der Waals surface area contributed by atoms with Crippen molar-refractivity contribution in [2.24, 2.45) is 5.16 Å². The number of hydrogen-bond donors (Lipinski definition) is 1. The number of nitro benzene ring substituents is 1. The van der Waals surface area contributed by atoms with Crippen molar-refractivity contribution < 1.29 is 19.7 Å². The maximum absolute atomic E-state index is 10.6. The summed E-state index contributed by atoms with van der Waals surface area (Å²) in [6.07, 6.45) is 0.252. The molecule has 96 valence electrons. The number of hydrogen-bond acceptors (Lipinski definition) is 6. The second-order valence-electron chi connectivity index (χ2n) is 3.55. The number of benzene rings is 1. The number of carbonyl (C=O) groups excluding carboxylic acids is 1. The Bertz CT molecular complexity index is 467. The average molecular weight is 252 g/mol. The first-order valence-corrected chi connectivity index (χ1v) is 5.09. The van der Waals surface area contributed by atoms with Crippen molar-refractivity contribution in [2.75, 3.05) is 6.61 Å². The number of esters is 1. The molecule has 0 heterocycles. The number of nitro groups is 1. The first-order valence-electron chi connectivity index (χ1n) is 5.09. The molecule has 0 aromatic heterocycles. The Labute approximate surface area is 103 Å². The molecule has 0 saturated heterocycles. The summed E-state index contributed by atoms with van der Waals surface area (Å²) in [5.74, 6) is -0.472. The summed E-state index contributed by atoms with van der Waals surface area (Å²) in [7, 11) is 0. The molecule has 0 spiro atoms. The van der Waals surface area contributed by atoms with Gasteiger partial charge in [-0.2, -0.15) is 0 Å². The van der Waals surface area contributed by atoms with Gasteiger partial charge in [0, 0.05) is 25.5 Å². The second-order valence-corrected chi connectivity index (χ2v) is 3.55. The summed E-state index contributed by atoms with van der Waals surface area (Å²) in [4.78, 5) is 20.6. The van der Waals surface area contributed by atoms with E-state index in [1.165, 1.54) is 19.1 Å². The van der Waals surface area contributed by atoms with E-state index in [1.54, 1.807) is 12.1 Å². The van der Waals surface area contributed by atoms with E-state index in [1.807, 2.05) is 0 Å². The Balaban J connectivity index is 2.65. The third kappa shape index (κ3) is 4.20. The van der Waals surface area contributed by atoms with Gasteiger partial charge in [0.1, 0.15) is 6.61 Å². The fourth-order valence-corrected chi connectivity index (χ4v) is 1.27. The summed E-state index contributed by atoms with van der Waals surface area (Å²) in [5, 5.41) is 22.2. The lowest BCUT2D eigenvalue weighted by Gasteiger charge is -2.04. The van der Waals surface area contributed by atoms with Gasteiger partial charge in [0.05, 0.1) is 10.6 Å². The molecule has 0 fully saturated rings. The highest BCUT2D eigenvalue weighted by molar-refractivity contribution is 5.88. The monoisotopic (exact) mass is 252 g/mol. The fraction of sp³-hybridized carbons (Fsp3) is 0.273. The van der Waals surface area contributed by atoms with Crippen molar-refractivity contribution in [3.63, 3.8) is 0 Å². The van der Waals surface area contributed by atoms with Crippen LogP contribution >= 0.6 is 0 Å². The third-order valence-electron chi connectivity index (χ3n) is 2.14. The molecule has 7 heteroatoms. The van der Waals surface area contributed by atoms with Gasteiger partial charge in [-0.3, -0.25) is 14.9 Å². The average Bonchev–Trinajstić information content (AvgIpc) is 2.34. The first-order chi connectivity index (χ1) is 8.52. The van der Waals surface area contributed by atoms with Gasteiger partial charge in [-0.25, -0.2) is 0 Å². The predicted octanol–water partition coefficient (Wildman–Crippen LogP) is 1.53. The van der Waals surface area contributed by atoms with E-state index in [2.05, 4.69) is 5.16 Å². The van der Waals surface area contributed by atoms with Crippen LogP contribution in [-0.2, 0) is 16.0 Å². The minimum atomic E-state index is -0.496. The van der Waals surface area contributed by atoms with Crippen molar-refractivity contribution in [1.29, 1.82) is 0 Å². The summed E-state index contributed by atoms with van der Waals surface area (Å²) >= 11 is 0. The quantitative estimate of drug-likeness (QED) is 0.281. The van der Waals surface area contributed by atoms with Gasteiger partial charge in [-0.05, 0) is 5.56 Å². The molecule has 0 radical (unpaired) electrons. The van der Waals surface area contributed by atoms with Gasteiger partial charge in [0.25, 0.3) is 5.69 Å². The van der Waals surface area contributed by atoms with Crippen molar-refractivity contribution in [3.8, 4) is 0 Å². The zero-order valence-corrected chi connectivity index (χ0v) is 9.70. The van der Waals surface area contributed by atoms with Gasteiger partial charge in [0.15, 0.2) is 0 Å². The molecule has 0 atom stereocenters. The molecule has 7 nitrogen and oxygen atoms in total. The Morgan fingerprint density at radius 1 is 1.44 bits per heavy atom. The maximum Gasteiger partial charge on any atom is 0.303 e. The highest BCUT2D eigenvalue weighted by Gasteiger charge is 2.08. The lowest BCUT2D eigenvalue weighted by molar-refractivity contribution is -0.384. The lowest BCUT2D eigenvalue weighted by Crippen LogP contribution is -2.14. The highest BCUT2D eigenvalue weighted by Crippen LogP contribution is 2.12. The van der Waals surface area contributed by atoms with Crippen LogP contribution in [0.1, 0.15) is 12.5 Å². The summed E-state index contributed by atoms with van der Waals surface area (Å²) in [6.45, 7) is 1.14. The van der Waals surface area contributed by atoms with Crippen LogP contribution in [0, 0.1) is 10.1 Å². The molecule has 0 amide bonds. The molecule has 1 rings (SSSR count). The van der Waals surface area contributed by atoms with E-state index < -0.39 is 10.9 Å². The number of non-ortho nitro benzene ring substituents is 1. The zero-order chi connectivity index (χ0) is 13.5. The van der Waals surface area contributed by atoms with Gasteiger partial charge >= 0.3 is 5.97 Å².